The first-order valence-electron chi connectivity index (χ1n) is 7.10. The molecule has 19 heavy (non-hydrogen) atoms. The van der Waals surface area contributed by atoms with Crippen LogP contribution in [0.1, 0.15) is 48.7 Å². The number of aryl methyl sites for hydroxylation is 1. The molecule has 3 rings (SSSR count). The number of hydrogen-bond acceptors (Lipinski definition) is 3. The van der Waals surface area contributed by atoms with Crippen molar-refractivity contribution in [2.45, 2.75) is 51.6 Å². The molecular formula is C15H21NO3. The zero-order chi connectivity index (χ0) is 13.6. The molecule has 1 amide bonds. The van der Waals surface area contributed by atoms with Gasteiger partial charge in [0.2, 0.25) is 0 Å². The van der Waals surface area contributed by atoms with Crippen LogP contribution in [0.2, 0.25) is 0 Å². The SMILES string of the molecule is CC[C@@]1(CO)C[C@@H]2CC[C@H]1N2C(=O)c1ccoc1C. The van der Waals surface area contributed by atoms with Gasteiger partial charge in [0, 0.05) is 17.5 Å². The Morgan fingerprint density at radius 3 is 2.89 bits per heavy atom. The van der Waals surface area contributed by atoms with Crippen LogP contribution in [0.3, 0.4) is 0 Å². The second-order valence-corrected chi connectivity index (χ2v) is 5.93. The Morgan fingerprint density at radius 2 is 2.37 bits per heavy atom. The van der Waals surface area contributed by atoms with Gasteiger partial charge in [0.05, 0.1) is 18.4 Å². The lowest BCUT2D eigenvalue weighted by Crippen LogP contribution is -2.42. The molecule has 2 aliphatic heterocycles. The smallest absolute Gasteiger partial charge is 0.257 e. The maximum atomic E-state index is 12.7. The van der Waals surface area contributed by atoms with Crippen molar-refractivity contribution in [3.05, 3.63) is 23.7 Å². The standard InChI is InChI=1S/C15H21NO3/c1-3-15(9-17)8-11-4-5-13(15)16(11)14(18)12-6-7-19-10(12)2/h6-7,11,13,17H,3-5,8-9H2,1-2H3/t11-,13+,15-/m0/s1. The normalized spacial score (nSPS) is 33.1. The van der Waals surface area contributed by atoms with E-state index in [1.807, 2.05) is 11.8 Å². The van der Waals surface area contributed by atoms with Crippen LogP contribution in [0, 0.1) is 12.3 Å². The molecule has 0 unspecified atom stereocenters. The number of nitrogens with zero attached hydrogens (tertiary/aromatic N) is 1. The summed E-state index contributed by atoms with van der Waals surface area (Å²) in [4.78, 5) is 14.7. The first-order valence-corrected chi connectivity index (χ1v) is 7.10. The fourth-order valence-corrected chi connectivity index (χ4v) is 4.00. The van der Waals surface area contributed by atoms with Crippen molar-refractivity contribution in [1.82, 2.24) is 4.90 Å². The molecule has 0 aromatic carbocycles. The van der Waals surface area contributed by atoms with E-state index in [2.05, 4.69) is 6.92 Å². The molecule has 0 radical (unpaired) electrons. The van der Waals surface area contributed by atoms with Crippen LogP contribution < -0.4 is 0 Å². The van der Waals surface area contributed by atoms with Gasteiger partial charge in [-0.1, -0.05) is 6.92 Å². The van der Waals surface area contributed by atoms with Gasteiger partial charge in [-0.25, -0.2) is 0 Å². The molecule has 0 saturated carbocycles. The molecule has 2 bridgehead atoms. The molecule has 2 fully saturated rings. The highest BCUT2D eigenvalue weighted by Gasteiger charge is 2.56. The van der Waals surface area contributed by atoms with Crippen molar-refractivity contribution in [3.8, 4) is 0 Å². The molecule has 4 heteroatoms. The number of aliphatic hydroxyl groups is 1. The average molecular weight is 263 g/mol. The van der Waals surface area contributed by atoms with Gasteiger partial charge in [0.15, 0.2) is 0 Å². The topological polar surface area (TPSA) is 53.7 Å². The maximum absolute atomic E-state index is 12.7. The third kappa shape index (κ3) is 1.66. The van der Waals surface area contributed by atoms with E-state index < -0.39 is 0 Å². The Bertz CT molecular complexity index is 489. The summed E-state index contributed by atoms with van der Waals surface area (Å²) in [6.45, 7) is 4.12. The van der Waals surface area contributed by atoms with Gasteiger partial charge in [0.25, 0.3) is 5.91 Å². The number of hydrogen-bond donors (Lipinski definition) is 1. The van der Waals surface area contributed by atoms with Crippen LogP contribution in [0.4, 0.5) is 0 Å². The number of amides is 1. The lowest BCUT2D eigenvalue weighted by molar-refractivity contribution is 0.0556. The molecular weight excluding hydrogens is 242 g/mol. The van der Waals surface area contributed by atoms with E-state index in [-0.39, 0.29) is 24.0 Å². The Balaban J connectivity index is 1.91. The summed E-state index contributed by atoms with van der Waals surface area (Å²) in [6, 6.07) is 2.23. The second-order valence-electron chi connectivity index (χ2n) is 5.93. The molecule has 2 aliphatic rings. The number of fused-ring (bicyclic) bond motifs is 2. The van der Waals surface area contributed by atoms with E-state index in [9.17, 15) is 9.90 Å². The van der Waals surface area contributed by atoms with Gasteiger partial charge in [-0.3, -0.25) is 4.79 Å². The molecule has 1 aromatic heterocycles. The fourth-order valence-electron chi connectivity index (χ4n) is 4.00. The number of furan rings is 1. The van der Waals surface area contributed by atoms with E-state index in [1.165, 1.54) is 0 Å². The summed E-state index contributed by atoms with van der Waals surface area (Å²) < 4.78 is 5.24. The first kappa shape index (κ1) is 12.7. The molecule has 4 nitrogen and oxygen atoms in total. The number of rotatable bonds is 3. The average Bonchev–Trinajstić information content (AvgIpc) is 3.10. The monoisotopic (exact) mass is 263 g/mol. The van der Waals surface area contributed by atoms with Crippen molar-refractivity contribution in [2.75, 3.05) is 6.61 Å². The van der Waals surface area contributed by atoms with Crippen LogP contribution in [-0.2, 0) is 0 Å². The fraction of sp³-hybridized carbons (Fsp3) is 0.667. The summed E-state index contributed by atoms with van der Waals surface area (Å²) >= 11 is 0. The van der Waals surface area contributed by atoms with Crippen molar-refractivity contribution < 1.29 is 14.3 Å². The van der Waals surface area contributed by atoms with E-state index in [0.717, 1.165) is 25.7 Å². The van der Waals surface area contributed by atoms with Gasteiger partial charge in [-0.2, -0.15) is 0 Å². The van der Waals surface area contributed by atoms with Gasteiger partial charge in [0.1, 0.15) is 5.76 Å². The van der Waals surface area contributed by atoms with Crippen molar-refractivity contribution >= 4 is 5.91 Å². The largest absolute Gasteiger partial charge is 0.469 e. The van der Waals surface area contributed by atoms with Crippen LogP contribution >= 0.6 is 0 Å². The molecule has 104 valence electrons. The van der Waals surface area contributed by atoms with Gasteiger partial charge >= 0.3 is 0 Å². The second kappa shape index (κ2) is 4.37. The van der Waals surface area contributed by atoms with Gasteiger partial charge < -0.3 is 14.4 Å². The van der Waals surface area contributed by atoms with Crippen LogP contribution in [0.5, 0.6) is 0 Å². The number of aliphatic hydroxyl groups excluding tert-OH is 1. The minimum absolute atomic E-state index is 0.0718. The molecule has 0 spiro atoms. The van der Waals surface area contributed by atoms with E-state index >= 15 is 0 Å². The van der Waals surface area contributed by atoms with Crippen LogP contribution in [0.15, 0.2) is 16.7 Å². The predicted octanol–water partition coefficient (Wildman–Crippen LogP) is 2.35. The third-order valence-electron chi connectivity index (χ3n) is 5.19. The van der Waals surface area contributed by atoms with Crippen LogP contribution in [0.25, 0.3) is 0 Å². The summed E-state index contributed by atoms with van der Waals surface area (Å²) in [5.41, 5.74) is 0.581. The molecule has 3 heterocycles. The summed E-state index contributed by atoms with van der Waals surface area (Å²) in [5, 5.41) is 9.77. The van der Waals surface area contributed by atoms with Crippen molar-refractivity contribution in [3.63, 3.8) is 0 Å². The van der Waals surface area contributed by atoms with Crippen molar-refractivity contribution in [2.24, 2.45) is 5.41 Å². The van der Waals surface area contributed by atoms with Gasteiger partial charge in [-0.05, 0) is 38.7 Å². The van der Waals surface area contributed by atoms with E-state index in [1.54, 1.807) is 12.3 Å². The zero-order valence-electron chi connectivity index (χ0n) is 11.6. The third-order valence-corrected chi connectivity index (χ3v) is 5.19. The summed E-state index contributed by atoms with van der Waals surface area (Å²) in [7, 11) is 0. The van der Waals surface area contributed by atoms with Gasteiger partial charge in [-0.15, -0.1) is 0 Å². The maximum Gasteiger partial charge on any atom is 0.257 e. The lowest BCUT2D eigenvalue weighted by atomic mass is 9.72. The van der Waals surface area contributed by atoms with Crippen LogP contribution in [-0.4, -0.2) is 34.6 Å². The summed E-state index contributed by atoms with van der Waals surface area (Å²) in [6.07, 6.45) is 5.52. The highest BCUT2D eigenvalue weighted by atomic mass is 16.3. The number of carbonyl (C=O) groups excluding carboxylic acids is 1. The molecule has 3 atom stereocenters. The minimum Gasteiger partial charge on any atom is -0.469 e. The molecule has 1 aromatic rings. The molecule has 0 aliphatic carbocycles. The lowest BCUT2D eigenvalue weighted by Gasteiger charge is -2.34. The first-order chi connectivity index (χ1) is 9.13. The highest BCUT2D eigenvalue weighted by molar-refractivity contribution is 5.96. The quantitative estimate of drug-likeness (QED) is 0.910. The minimum atomic E-state index is -0.0871. The highest BCUT2D eigenvalue weighted by Crippen LogP contribution is 2.51. The molecule has 1 N–H and O–H groups in total. The zero-order valence-corrected chi connectivity index (χ0v) is 11.6. The predicted molar refractivity (Wildman–Crippen MR) is 70.9 cm³/mol. The Morgan fingerprint density at radius 1 is 1.58 bits per heavy atom. The van der Waals surface area contributed by atoms with Crippen molar-refractivity contribution in [1.29, 1.82) is 0 Å². The summed E-state index contributed by atoms with van der Waals surface area (Å²) in [5.74, 6) is 0.755. The Labute approximate surface area is 113 Å². The molecule has 2 saturated heterocycles. The number of carbonyl (C=O) groups is 1. The van der Waals surface area contributed by atoms with E-state index in [4.69, 9.17) is 4.42 Å². The Hall–Kier alpha value is -1.29. The Kier molecular flexibility index (Phi) is 2.93. The van der Waals surface area contributed by atoms with E-state index in [0.29, 0.717) is 17.4 Å².